The third-order valence-corrected chi connectivity index (χ3v) is 4.60. The molecule has 2 amide bonds. The van der Waals surface area contributed by atoms with Crippen LogP contribution < -0.4 is 10.2 Å². The van der Waals surface area contributed by atoms with Gasteiger partial charge in [-0.2, -0.15) is 0 Å². The number of amides is 2. The van der Waals surface area contributed by atoms with Crippen LogP contribution in [0.4, 0.5) is 14.5 Å². The van der Waals surface area contributed by atoms with Crippen LogP contribution in [0.5, 0.6) is 0 Å². The standard InChI is InChI=1S/C18H18F2N6O3S/c1-3-4-25-15(27)9-24(10-16(25)28)17-13(19)5-12(6-14(17)20)26-8-11(22-23-26)7-21-18(30)29-2/h3,5-6,8H,1,4,7,9-10H2,2H3,(H,21,30). The number of nitrogens with one attached hydrogen (secondary N) is 1. The van der Waals surface area contributed by atoms with Gasteiger partial charge in [-0.3, -0.25) is 14.5 Å². The van der Waals surface area contributed by atoms with E-state index in [1.807, 2.05) is 0 Å². The van der Waals surface area contributed by atoms with Gasteiger partial charge in [0.05, 0.1) is 38.6 Å². The van der Waals surface area contributed by atoms with Crippen LogP contribution in [0, 0.1) is 11.6 Å². The summed E-state index contributed by atoms with van der Waals surface area (Å²) in [7, 11) is 1.42. The molecule has 2 heterocycles. The Morgan fingerprint density at radius 2 is 1.93 bits per heavy atom. The molecule has 1 aliphatic heterocycles. The minimum atomic E-state index is -0.932. The lowest BCUT2D eigenvalue weighted by molar-refractivity contribution is -0.144. The highest BCUT2D eigenvalue weighted by Gasteiger charge is 2.33. The zero-order valence-corrected chi connectivity index (χ0v) is 16.8. The molecule has 0 spiro atoms. The van der Waals surface area contributed by atoms with Gasteiger partial charge in [0.1, 0.15) is 11.4 Å². The van der Waals surface area contributed by atoms with E-state index in [2.05, 4.69) is 22.2 Å². The van der Waals surface area contributed by atoms with Gasteiger partial charge in [-0.1, -0.05) is 11.3 Å². The Bertz CT molecular complexity index is 971. The van der Waals surface area contributed by atoms with Gasteiger partial charge in [-0.15, -0.1) is 11.7 Å². The lowest BCUT2D eigenvalue weighted by atomic mass is 10.2. The van der Waals surface area contributed by atoms with E-state index in [4.69, 9.17) is 17.0 Å². The Hall–Kier alpha value is -3.41. The molecule has 0 unspecified atom stereocenters. The van der Waals surface area contributed by atoms with Crippen molar-refractivity contribution in [3.63, 3.8) is 0 Å². The second kappa shape index (κ2) is 8.95. The Labute approximate surface area is 175 Å². The Kier molecular flexibility index (Phi) is 6.35. The molecule has 1 aromatic heterocycles. The lowest BCUT2D eigenvalue weighted by Crippen LogP contribution is -2.54. The molecule has 0 saturated carbocycles. The molecule has 30 heavy (non-hydrogen) atoms. The number of nitrogens with zero attached hydrogens (tertiary/aromatic N) is 5. The normalized spacial score (nSPS) is 14.1. The zero-order valence-electron chi connectivity index (χ0n) is 16.0. The highest BCUT2D eigenvalue weighted by atomic mass is 32.1. The quantitative estimate of drug-likeness (QED) is 0.406. The summed E-state index contributed by atoms with van der Waals surface area (Å²) in [6.07, 6.45) is 2.88. The van der Waals surface area contributed by atoms with Gasteiger partial charge in [-0.25, -0.2) is 13.5 Å². The van der Waals surface area contributed by atoms with Crippen molar-refractivity contribution in [2.75, 3.05) is 31.6 Å². The number of rotatable bonds is 6. The van der Waals surface area contributed by atoms with E-state index in [0.717, 1.165) is 21.9 Å². The summed E-state index contributed by atoms with van der Waals surface area (Å²) in [5.74, 6) is -2.98. The number of carbonyl (C=O) groups is 2. The number of halogens is 2. The summed E-state index contributed by atoms with van der Waals surface area (Å²) >= 11 is 4.86. The SMILES string of the molecule is C=CCN1C(=O)CN(c2c(F)cc(-n3cc(CNC(=S)OC)nn3)cc2F)CC1=O. The summed E-state index contributed by atoms with van der Waals surface area (Å²) in [5.41, 5.74) is 0.102. The number of imide groups is 1. The molecule has 3 rings (SSSR count). The molecule has 1 saturated heterocycles. The molecular formula is C18H18F2N6O3S. The van der Waals surface area contributed by atoms with Crippen LogP contribution in [0.3, 0.4) is 0 Å². The molecule has 1 N–H and O–H groups in total. The van der Waals surface area contributed by atoms with Crippen molar-refractivity contribution in [3.8, 4) is 5.69 Å². The first-order valence-electron chi connectivity index (χ1n) is 8.75. The fourth-order valence-corrected chi connectivity index (χ4v) is 2.98. The molecule has 0 bridgehead atoms. The number of anilines is 1. The average molecular weight is 436 g/mol. The van der Waals surface area contributed by atoms with Gasteiger partial charge in [0, 0.05) is 18.7 Å². The molecular weight excluding hydrogens is 418 g/mol. The topological polar surface area (TPSA) is 92.6 Å². The highest BCUT2D eigenvalue weighted by molar-refractivity contribution is 7.80. The lowest BCUT2D eigenvalue weighted by Gasteiger charge is -2.33. The number of hydrogen-bond donors (Lipinski definition) is 1. The van der Waals surface area contributed by atoms with Crippen LogP contribution in [0.15, 0.2) is 31.0 Å². The van der Waals surface area contributed by atoms with Crippen molar-refractivity contribution >= 4 is 34.9 Å². The summed E-state index contributed by atoms with van der Waals surface area (Å²) in [5, 5.41) is 10.7. The fraction of sp³-hybridized carbons (Fsp3) is 0.278. The summed E-state index contributed by atoms with van der Waals surface area (Å²) in [6, 6.07) is 2.10. The number of ether oxygens (including phenoxy) is 1. The zero-order chi connectivity index (χ0) is 21.8. The molecule has 9 nitrogen and oxygen atoms in total. The minimum absolute atomic E-state index is 0.0496. The molecule has 12 heteroatoms. The van der Waals surface area contributed by atoms with Gasteiger partial charge in [0.2, 0.25) is 11.8 Å². The summed E-state index contributed by atoms with van der Waals surface area (Å²) < 4.78 is 35.5. The van der Waals surface area contributed by atoms with Crippen molar-refractivity contribution in [2.45, 2.75) is 6.54 Å². The van der Waals surface area contributed by atoms with E-state index >= 15 is 0 Å². The summed E-state index contributed by atoms with van der Waals surface area (Å²) in [6.45, 7) is 3.09. The maximum absolute atomic E-state index is 14.7. The first kappa shape index (κ1) is 21.3. The number of carbonyl (C=O) groups excluding carboxylic acids is 2. The summed E-state index contributed by atoms with van der Waals surface area (Å²) in [4.78, 5) is 26.4. The molecule has 1 fully saturated rings. The smallest absolute Gasteiger partial charge is 0.256 e. The molecule has 2 aromatic rings. The maximum atomic E-state index is 14.7. The monoisotopic (exact) mass is 436 g/mol. The average Bonchev–Trinajstić information content (AvgIpc) is 3.17. The predicted octanol–water partition coefficient (Wildman–Crippen LogP) is 0.928. The number of methoxy groups -OCH3 is 1. The van der Waals surface area contributed by atoms with Crippen molar-refractivity contribution in [1.82, 2.24) is 25.2 Å². The van der Waals surface area contributed by atoms with E-state index in [0.29, 0.717) is 5.69 Å². The van der Waals surface area contributed by atoms with Crippen LogP contribution in [-0.2, 0) is 20.9 Å². The maximum Gasteiger partial charge on any atom is 0.256 e. The van der Waals surface area contributed by atoms with Gasteiger partial charge in [0.25, 0.3) is 5.17 Å². The number of thiocarbonyl (C=S) groups is 1. The first-order chi connectivity index (χ1) is 14.3. The van der Waals surface area contributed by atoms with Gasteiger partial charge >= 0.3 is 0 Å². The van der Waals surface area contributed by atoms with E-state index in [1.165, 1.54) is 24.1 Å². The molecule has 0 atom stereocenters. The molecule has 1 aliphatic rings. The third kappa shape index (κ3) is 4.43. The Morgan fingerprint density at radius 3 is 2.50 bits per heavy atom. The van der Waals surface area contributed by atoms with Crippen LogP contribution in [0.25, 0.3) is 5.69 Å². The Balaban J connectivity index is 1.80. The molecule has 1 aromatic carbocycles. The van der Waals surface area contributed by atoms with E-state index < -0.39 is 29.1 Å². The second-order valence-corrected chi connectivity index (χ2v) is 6.67. The van der Waals surface area contributed by atoms with Crippen LogP contribution in [0.1, 0.15) is 5.69 Å². The number of hydrogen-bond acceptors (Lipinski definition) is 7. The number of benzene rings is 1. The van der Waals surface area contributed by atoms with Crippen LogP contribution >= 0.6 is 12.2 Å². The highest BCUT2D eigenvalue weighted by Crippen LogP contribution is 2.28. The van der Waals surface area contributed by atoms with E-state index in [1.54, 1.807) is 0 Å². The number of aromatic nitrogens is 3. The van der Waals surface area contributed by atoms with Gasteiger partial charge in [-0.05, 0) is 12.2 Å². The van der Waals surface area contributed by atoms with Crippen molar-refractivity contribution in [1.29, 1.82) is 0 Å². The Morgan fingerprint density at radius 1 is 1.30 bits per heavy atom. The molecule has 158 valence electrons. The van der Waals surface area contributed by atoms with E-state index in [-0.39, 0.29) is 37.0 Å². The van der Waals surface area contributed by atoms with E-state index in [9.17, 15) is 18.4 Å². The van der Waals surface area contributed by atoms with Crippen molar-refractivity contribution < 1.29 is 23.1 Å². The minimum Gasteiger partial charge on any atom is -0.474 e. The molecule has 0 radical (unpaired) electrons. The second-order valence-electron chi connectivity index (χ2n) is 6.30. The van der Waals surface area contributed by atoms with Crippen molar-refractivity contribution in [3.05, 3.63) is 48.3 Å². The predicted molar refractivity (Wildman–Crippen MR) is 107 cm³/mol. The fourth-order valence-electron chi connectivity index (χ4n) is 2.91. The van der Waals surface area contributed by atoms with Crippen LogP contribution in [0.2, 0.25) is 0 Å². The largest absolute Gasteiger partial charge is 0.474 e. The third-order valence-electron chi connectivity index (χ3n) is 4.29. The molecule has 0 aliphatic carbocycles. The van der Waals surface area contributed by atoms with Gasteiger partial charge < -0.3 is 15.0 Å². The van der Waals surface area contributed by atoms with Gasteiger partial charge in [0.15, 0.2) is 11.6 Å². The van der Waals surface area contributed by atoms with Crippen LogP contribution in [-0.4, -0.2) is 63.6 Å². The van der Waals surface area contributed by atoms with Crippen molar-refractivity contribution in [2.24, 2.45) is 0 Å². The first-order valence-corrected chi connectivity index (χ1v) is 9.16. The number of piperazine rings is 1.